The average molecular weight is 256 g/mol. The number of piperidine rings is 1. The van der Waals surface area contributed by atoms with Crippen molar-refractivity contribution < 1.29 is 9.53 Å². The van der Waals surface area contributed by atoms with E-state index in [-0.39, 0.29) is 6.09 Å². The number of alkyl carbamates (subject to hydrolysis) is 1. The monoisotopic (exact) mass is 256 g/mol. The van der Waals surface area contributed by atoms with E-state index >= 15 is 0 Å². The molecule has 4 heteroatoms. The van der Waals surface area contributed by atoms with Gasteiger partial charge in [0.1, 0.15) is 5.60 Å². The largest absolute Gasteiger partial charge is 0.444 e. The maximum Gasteiger partial charge on any atom is 0.407 e. The van der Waals surface area contributed by atoms with Gasteiger partial charge in [0.2, 0.25) is 0 Å². The van der Waals surface area contributed by atoms with Crippen LogP contribution in [0.25, 0.3) is 0 Å². The molecule has 18 heavy (non-hydrogen) atoms. The van der Waals surface area contributed by atoms with Crippen LogP contribution in [0, 0.1) is 5.92 Å². The molecule has 4 nitrogen and oxygen atoms in total. The van der Waals surface area contributed by atoms with Gasteiger partial charge in [0, 0.05) is 6.54 Å². The zero-order chi connectivity index (χ0) is 13.4. The normalized spacial score (nSPS) is 17.5. The summed E-state index contributed by atoms with van der Waals surface area (Å²) in [5.74, 6) is 0.882. The maximum atomic E-state index is 11.4. The van der Waals surface area contributed by atoms with Gasteiger partial charge in [0.25, 0.3) is 0 Å². The van der Waals surface area contributed by atoms with Crippen LogP contribution in [0.4, 0.5) is 4.79 Å². The van der Waals surface area contributed by atoms with Gasteiger partial charge in [-0.15, -0.1) is 0 Å². The minimum Gasteiger partial charge on any atom is -0.444 e. The molecule has 0 aromatic heterocycles. The molecule has 0 aromatic rings. The molecule has 1 amide bonds. The number of unbranched alkanes of at least 4 members (excludes halogenated alkanes) is 1. The van der Waals surface area contributed by atoms with Crippen LogP contribution in [0.1, 0.15) is 52.9 Å². The first-order valence-corrected chi connectivity index (χ1v) is 7.15. The Morgan fingerprint density at radius 1 is 1.28 bits per heavy atom. The second-order valence-corrected chi connectivity index (χ2v) is 6.12. The van der Waals surface area contributed by atoms with Crippen LogP contribution in [0.3, 0.4) is 0 Å². The molecular weight excluding hydrogens is 228 g/mol. The lowest BCUT2D eigenvalue weighted by Crippen LogP contribution is -2.33. The van der Waals surface area contributed by atoms with E-state index in [4.69, 9.17) is 4.74 Å². The highest BCUT2D eigenvalue weighted by molar-refractivity contribution is 5.67. The van der Waals surface area contributed by atoms with Crippen molar-refractivity contribution in [1.29, 1.82) is 0 Å². The molecule has 0 spiro atoms. The van der Waals surface area contributed by atoms with Crippen LogP contribution in [0.2, 0.25) is 0 Å². The van der Waals surface area contributed by atoms with E-state index in [1.807, 2.05) is 20.8 Å². The summed E-state index contributed by atoms with van der Waals surface area (Å²) in [7, 11) is 0. The predicted molar refractivity (Wildman–Crippen MR) is 73.7 cm³/mol. The zero-order valence-electron chi connectivity index (χ0n) is 12.1. The molecule has 0 unspecified atom stereocenters. The van der Waals surface area contributed by atoms with Crippen molar-refractivity contribution in [1.82, 2.24) is 10.6 Å². The number of ether oxygens (including phenoxy) is 1. The van der Waals surface area contributed by atoms with Gasteiger partial charge in [0.15, 0.2) is 0 Å². The molecular formula is C14H28N2O2. The summed E-state index contributed by atoms with van der Waals surface area (Å²) >= 11 is 0. The van der Waals surface area contributed by atoms with Crippen LogP contribution >= 0.6 is 0 Å². The minimum absolute atomic E-state index is 0.302. The van der Waals surface area contributed by atoms with Crippen molar-refractivity contribution in [3.8, 4) is 0 Å². The van der Waals surface area contributed by atoms with Gasteiger partial charge < -0.3 is 15.4 Å². The Morgan fingerprint density at radius 3 is 2.56 bits per heavy atom. The molecule has 0 atom stereocenters. The van der Waals surface area contributed by atoms with E-state index in [2.05, 4.69) is 10.6 Å². The first kappa shape index (κ1) is 15.3. The number of amides is 1. The second kappa shape index (κ2) is 7.62. The van der Waals surface area contributed by atoms with Crippen LogP contribution in [-0.4, -0.2) is 31.3 Å². The first-order valence-electron chi connectivity index (χ1n) is 7.15. The van der Waals surface area contributed by atoms with Crippen LogP contribution in [0.15, 0.2) is 0 Å². The summed E-state index contributed by atoms with van der Waals surface area (Å²) in [6.07, 6.45) is 5.84. The van der Waals surface area contributed by atoms with Crippen molar-refractivity contribution in [3.63, 3.8) is 0 Å². The molecule has 0 bridgehead atoms. The van der Waals surface area contributed by atoms with Gasteiger partial charge >= 0.3 is 6.09 Å². The summed E-state index contributed by atoms with van der Waals surface area (Å²) < 4.78 is 5.18. The number of carbonyl (C=O) groups is 1. The van der Waals surface area contributed by atoms with Gasteiger partial charge in [0.05, 0.1) is 0 Å². The lowest BCUT2D eigenvalue weighted by atomic mass is 9.92. The fourth-order valence-electron chi connectivity index (χ4n) is 2.23. The van der Waals surface area contributed by atoms with E-state index in [9.17, 15) is 4.79 Å². The SMILES string of the molecule is CC(C)(C)OC(=O)NCCCCC1CCNCC1. The fraction of sp³-hybridized carbons (Fsp3) is 0.929. The molecule has 2 N–H and O–H groups in total. The van der Waals surface area contributed by atoms with E-state index in [0.717, 1.165) is 18.9 Å². The third-order valence-corrected chi connectivity index (χ3v) is 3.17. The highest BCUT2D eigenvalue weighted by Crippen LogP contribution is 2.18. The summed E-state index contributed by atoms with van der Waals surface area (Å²) in [5, 5.41) is 6.18. The van der Waals surface area contributed by atoms with E-state index in [0.29, 0.717) is 0 Å². The topological polar surface area (TPSA) is 50.4 Å². The zero-order valence-corrected chi connectivity index (χ0v) is 12.1. The first-order chi connectivity index (χ1) is 8.47. The average Bonchev–Trinajstić information content (AvgIpc) is 2.27. The number of hydrogen-bond donors (Lipinski definition) is 2. The molecule has 106 valence electrons. The summed E-state index contributed by atoms with van der Waals surface area (Å²) in [6, 6.07) is 0. The van der Waals surface area contributed by atoms with E-state index in [1.165, 1.54) is 38.8 Å². The van der Waals surface area contributed by atoms with Crippen molar-refractivity contribution in [3.05, 3.63) is 0 Å². The standard InChI is InChI=1S/C14H28N2O2/c1-14(2,3)18-13(17)16-9-5-4-6-12-7-10-15-11-8-12/h12,15H,4-11H2,1-3H3,(H,16,17). The smallest absolute Gasteiger partial charge is 0.407 e. The van der Waals surface area contributed by atoms with Gasteiger partial charge in [-0.25, -0.2) is 4.79 Å². The second-order valence-electron chi connectivity index (χ2n) is 6.12. The Labute approximate surface area is 111 Å². The summed E-state index contributed by atoms with van der Waals surface area (Å²) in [6.45, 7) is 8.69. The Kier molecular flexibility index (Phi) is 6.47. The molecule has 0 aromatic carbocycles. The molecule has 0 radical (unpaired) electrons. The van der Waals surface area contributed by atoms with E-state index < -0.39 is 5.60 Å². The molecule has 1 fully saturated rings. The lowest BCUT2D eigenvalue weighted by Gasteiger charge is -2.22. The van der Waals surface area contributed by atoms with Gasteiger partial charge in [-0.1, -0.05) is 12.8 Å². The van der Waals surface area contributed by atoms with Crippen molar-refractivity contribution in [2.75, 3.05) is 19.6 Å². The van der Waals surface area contributed by atoms with Crippen molar-refractivity contribution in [2.45, 2.75) is 58.5 Å². The molecule has 1 aliphatic rings. The maximum absolute atomic E-state index is 11.4. The molecule has 1 heterocycles. The van der Waals surface area contributed by atoms with Crippen LogP contribution in [-0.2, 0) is 4.74 Å². The molecule has 0 aliphatic carbocycles. The summed E-state index contributed by atoms with van der Waals surface area (Å²) in [4.78, 5) is 11.4. The van der Waals surface area contributed by atoms with Crippen LogP contribution < -0.4 is 10.6 Å². The molecule has 1 aliphatic heterocycles. The highest BCUT2D eigenvalue weighted by atomic mass is 16.6. The summed E-state index contributed by atoms with van der Waals surface area (Å²) in [5.41, 5.74) is -0.404. The molecule has 0 saturated carbocycles. The third kappa shape index (κ3) is 7.54. The third-order valence-electron chi connectivity index (χ3n) is 3.17. The van der Waals surface area contributed by atoms with Crippen LogP contribution in [0.5, 0.6) is 0 Å². The predicted octanol–water partition coefficient (Wildman–Crippen LogP) is 2.68. The minimum atomic E-state index is -0.404. The fourth-order valence-corrected chi connectivity index (χ4v) is 2.23. The van der Waals surface area contributed by atoms with Crippen molar-refractivity contribution >= 4 is 6.09 Å². The number of carbonyl (C=O) groups excluding carboxylic acids is 1. The Balaban J connectivity index is 1.96. The van der Waals surface area contributed by atoms with Crippen molar-refractivity contribution in [2.24, 2.45) is 5.92 Å². The Morgan fingerprint density at radius 2 is 1.94 bits per heavy atom. The Bertz CT molecular complexity index is 243. The Hall–Kier alpha value is -0.770. The van der Waals surface area contributed by atoms with Gasteiger partial charge in [-0.2, -0.15) is 0 Å². The van der Waals surface area contributed by atoms with Gasteiger partial charge in [-0.05, 0) is 59.0 Å². The number of rotatable bonds is 5. The molecule has 1 saturated heterocycles. The lowest BCUT2D eigenvalue weighted by molar-refractivity contribution is 0.0527. The number of nitrogens with one attached hydrogen (secondary N) is 2. The highest BCUT2D eigenvalue weighted by Gasteiger charge is 2.15. The quantitative estimate of drug-likeness (QED) is 0.744. The van der Waals surface area contributed by atoms with E-state index in [1.54, 1.807) is 0 Å². The molecule has 1 rings (SSSR count). The van der Waals surface area contributed by atoms with Gasteiger partial charge in [-0.3, -0.25) is 0 Å². The number of hydrogen-bond acceptors (Lipinski definition) is 3.